The fourth-order valence-corrected chi connectivity index (χ4v) is 1.93. The Morgan fingerprint density at radius 3 is 2.15 bits per heavy atom. The Morgan fingerprint density at radius 1 is 1.23 bits per heavy atom. The van der Waals surface area contributed by atoms with Gasteiger partial charge in [0.15, 0.2) is 0 Å². The van der Waals surface area contributed by atoms with E-state index in [1.807, 2.05) is 31.2 Å². The van der Waals surface area contributed by atoms with Gasteiger partial charge in [-0.15, -0.1) is 0 Å². The molecule has 0 bridgehead atoms. The summed E-state index contributed by atoms with van der Waals surface area (Å²) in [6.07, 6.45) is 0.943. The van der Waals surface area contributed by atoms with Gasteiger partial charge >= 0.3 is 0 Å². The molecule has 0 amide bonds. The van der Waals surface area contributed by atoms with Crippen molar-refractivity contribution in [3.05, 3.63) is 35.4 Å². The first-order chi connectivity index (χ1) is 6.15. The first-order valence-corrected chi connectivity index (χ1v) is 5.78. The van der Waals surface area contributed by atoms with Crippen molar-refractivity contribution in [2.24, 2.45) is 0 Å². The van der Waals surface area contributed by atoms with E-state index in [0.29, 0.717) is 0 Å². The van der Waals surface area contributed by atoms with Crippen LogP contribution in [0.3, 0.4) is 0 Å². The summed E-state index contributed by atoms with van der Waals surface area (Å²) in [6, 6.07) is 7.97. The van der Waals surface area contributed by atoms with Gasteiger partial charge in [0, 0.05) is 0 Å². The van der Waals surface area contributed by atoms with Gasteiger partial charge in [0.05, 0.1) is 9.65 Å². The van der Waals surface area contributed by atoms with Crippen LogP contribution >= 0.6 is 31.9 Å². The molecule has 0 saturated carbocycles. The molecule has 0 saturated heterocycles. The Balaban J connectivity index is 2.92. The third kappa shape index (κ3) is 2.92. The molecule has 0 spiro atoms. The second-order valence-electron chi connectivity index (χ2n) is 2.91. The van der Waals surface area contributed by atoms with Crippen molar-refractivity contribution in [1.82, 2.24) is 0 Å². The van der Waals surface area contributed by atoms with Crippen LogP contribution < -0.4 is 0 Å². The molecule has 0 aliphatic heterocycles. The monoisotopic (exact) mass is 304 g/mol. The number of hydrogen-bond donors (Lipinski definition) is 0. The van der Waals surface area contributed by atoms with E-state index in [1.54, 1.807) is 0 Å². The van der Waals surface area contributed by atoms with Crippen molar-refractivity contribution < 1.29 is 4.79 Å². The molecule has 0 aromatic heterocycles. The standard InChI is InChI=1S/C10H10Br2O/c1-7-2-4-8(5-3-7)9(6-13)10(11)12/h2-6,9-10H,1H3. The number of carbonyl (C=O) groups is 1. The lowest BCUT2D eigenvalue weighted by molar-refractivity contribution is -0.108. The summed E-state index contributed by atoms with van der Waals surface area (Å²) in [7, 11) is 0. The van der Waals surface area contributed by atoms with Crippen molar-refractivity contribution >= 4 is 38.1 Å². The Hall–Kier alpha value is -0.150. The molecule has 1 nitrogen and oxygen atoms in total. The van der Waals surface area contributed by atoms with Gasteiger partial charge in [0.25, 0.3) is 0 Å². The van der Waals surface area contributed by atoms with Gasteiger partial charge in [-0.25, -0.2) is 0 Å². The molecule has 70 valence electrons. The summed E-state index contributed by atoms with van der Waals surface area (Å²) in [4.78, 5) is 10.8. The lowest BCUT2D eigenvalue weighted by Crippen LogP contribution is -2.07. The highest BCUT2D eigenvalue weighted by atomic mass is 79.9. The van der Waals surface area contributed by atoms with Crippen molar-refractivity contribution in [3.63, 3.8) is 0 Å². The van der Waals surface area contributed by atoms with Crippen molar-refractivity contribution in [1.29, 1.82) is 0 Å². The van der Waals surface area contributed by atoms with Gasteiger partial charge in [-0.2, -0.15) is 0 Å². The second kappa shape index (κ2) is 4.91. The van der Waals surface area contributed by atoms with E-state index in [2.05, 4.69) is 31.9 Å². The van der Waals surface area contributed by atoms with E-state index in [9.17, 15) is 4.79 Å². The maximum Gasteiger partial charge on any atom is 0.129 e. The van der Waals surface area contributed by atoms with Crippen molar-refractivity contribution in [2.75, 3.05) is 0 Å². The van der Waals surface area contributed by atoms with Crippen LogP contribution in [-0.2, 0) is 4.79 Å². The molecule has 13 heavy (non-hydrogen) atoms. The summed E-state index contributed by atoms with van der Waals surface area (Å²) in [5, 5.41) is 0. The van der Waals surface area contributed by atoms with E-state index in [1.165, 1.54) is 5.56 Å². The minimum atomic E-state index is -0.124. The number of rotatable bonds is 3. The van der Waals surface area contributed by atoms with Crippen LogP contribution in [0.2, 0.25) is 0 Å². The minimum absolute atomic E-state index is 0.000191. The highest BCUT2D eigenvalue weighted by molar-refractivity contribution is 9.24. The van der Waals surface area contributed by atoms with Crippen molar-refractivity contribution in [2.45, 2.75) is 16.6 Å². The number of aldehydes is 1. The predicted molar refractivity (Wildman–Crippen MR) is 61.6 cm³/mol. The van der Waals surface area contributed by atoms with Crippen LogP contribution in [0.4, 0.5) is 0 Å². The molecule has 0 fully saturated rings. The number of hydrogen-bond acceptors (Lipinski definition) is 1. The molecule has 1 aromatic carbocycles. The zero-order valence-corrected chi connectivity index (χ0v) is 10.4. The minimum Gasteiger partial charge on any atom is -0.303 e. The third-order valence-electron chi connectivity index (χ3n) is 1.88. The molecule has 0 aliphatic rings. The maximum absolute atomic E-state index is 10.8. The molecule has 1 aromatic rings. The molecular formula is C10H10Br2O. The zero-order valence-electron chi connectivity index (χ0n) is 7.21. The molecule has 0 radical (unpaired) electrons. The van der Waals surface area contributed by atoms with Gasteiger partial charge in [-0.1, -0.05) is 61.7 Å². The predicted octanol–water partition coefficient (Wildman–Crippen LogP) is 3.39. The third-order valence-corrected chi connectivity index (χ3v) is 3.02. The summed E-state index contributed by atoms with van der Waals surface area (Å²) in [5.74, 6) is -0.124. The van der Waals surface area contributed by atoms with Crippen LogP contribution in [-0.4, -0.2) is 10.0 Å². The average Bonchev–Trinajstić information content (AvgIpc) is 2.09. The van der Waals surface area contributed by atoms with Gasteiger partial charge in [-0.05, 0) is 12.5 Å². The molecular weight excluding hydrogens is 296 g/mol. The van der Waals surface area contributed by atoms with E-state index >= 15 is 0 Å². The van der Waals surface area contributed by atoms with Gasteiger partial charge < -0.3 is 4.79 Å². The van der Waals surface area contributed by atoms with Crippen LogP contribution in [0.25, 0.3) is 0 Å². The maximum atomic E-state index is 10.8. The highest BCUT2D eigenvalue weighted by Gasteiger charge is 2.16. The number of alkyl halides is 2. The Bertz CT molecular complexity index is 279. The van der Waals surface area contributed by atoms with Crippen LogP contribution in [0, 0.1) is 6.92 Å². The Labute approximate surface area is 94.8 Å². The molecule has 0 heterocycles. The smallest absolute Gasteiger partial charge is 0.129 e. The second-order valence-corrected chi connectivity index (χ2v) is 6.11. The number of benzene rings is 1. The van der Waals surface area contributed by atoms with E-state index in [0.717, 1.165) is 11.8 Å². The molecule has 1 rings (SSSR count). The van der Waals surface area contributed by atoms with Crippen LogP contribution in [0.1, 0.15) is 17.0 Å². The molecule has 3 heteroatoms. The molecule has 1 atom stereocenters. The highest BCUT2D eigenvalue weighted by Crippen LogP contribution is 2.27. The topological polar surface area (TPSA) is 17.1 Å². The summed E-state index contributed by atoms with van der Waals surface area (Å²) in [6.45, 7) is 2.03. The van der Waals surface area contributed by atoms with Crippen LogP contribution in [0.5, 0.6) is 0 Å². The fourth-order valence-electron chi connectivity index (χ4n) is 1.07. The van der Waals surface area contributed by atoms with Gasteiger partial charge in [0.2, 0.25) is 0 Å². The molecule has 0 aliphatic carbocycles. The number of halogens is 2. The lowest BCUT2D eigenvalue weighted by atomic mass is 10.0. The lowest BCUT2D eigenvalue weighted by Gasteiger charge is -2.11. The summed E-state index contributed by atoms with van der Waals surface area (Å²) < 4.78 is 0.000191. The van der Waals surface area contributed by atoms with E-state index in [-0.39, 0.29) is 9.65 Å². The van der Waals surface area contributed by atoms with Gasteiger partial charge in [-0.3, -0.25) is 0 Å². The van der Waals surface area contributed by atoms with E-state index < -0.39 is 0 Å². The van der Waals surface area contributed by atoms with Gasteiger partial charge in [0.1, 0.15) is 6.29 Å². The van der Waals surface area contributed by atoms with E-state index in [4.69, 9.17) is 0 Å². The summed E-state index contributed by atoms with van der Waals surface area (Å²) in [5.41, 5.74) is 2.23. The SMILES string of the molecule is Cc1ccc(C(C=O)C(Br)Br)cc1. The largest absolute Gasteiger partial charge is 0.303 e. The van der Waals surface area contributed by atoms with Crippen LogP contribution in [0.15, 0.2) is 24.3 Å². The summed E-state index contributed by atoms with van der Waals surface area (Å²) >= 11 is 6.68. The first kappa shape index (κ1) is 10.9. The normalized spacial score (nSPS) is 12.9. The fraction of sp³-hybridized carbons (Fsp3) is 0.300. The quantitative estimate of drug-likeness (QED) is 0.618. The zero-order chi connectivity index (χ0) is 9.84. The number of aryl methyl sites for hydroxylation is 1. The Morgan fingerprint density at radius 2 is 1.77 bits per heavy atom. The van der Waals surface area contributed by atoms with Crippen molar-refractivity contribution in [3.8, 4) is 0 Å². The number of carbonyl (C=O) groups excluding carboxylic acids is 1. The average molecular weight is 306 g/mol. The Kier molecular flexibility index (Phi) is 4.13. The molecule has 0 N–H and O–H groups in total. The first-order valence-electron chi connectivity index (χ1n) is 3.95. The molecule has 1 unspecified atom stereocenters.